The lowest BCUT2D eigenvalue weighted by Gasteiger charge is -2.10. The van der Waals surface area contributed by atoms with Crippen LogP contribution in [-0.2, 0) is 0 Å². The molecule has 0 aliphatic carbocycles. The number of methoxy groups -OCH3 is 1. The van der Waals surface area contributed by atoms with Crippen molar-refractivity contribution >= 4 is 33.5 Å². The predicted octanol–water partition coefficient (Wildman–Crippen LogP) is 5.06. The number of benzene rings is 2. The molecule has 0 atom stereocenters. The summed E-state index contributed by atoms with van der Waals surface area (Å²) in [6, 6.07) is 13.2. The van der Waals surface area contributed by atoms with Gasteiger partial charge in [-0.25, -0.2) is 0 Å². The summed E-state index contributed by atoms with van der Waals surface area (Å²) in [5.41, 5.74) is 2.54. The van der Waals surface area contributed by atoms with Gasteiger partial charge in [-0.2, -0.15) is 0 Å². The van der Waals surface area contributed by atoms with Gasteiger partial charge in [0.2, 0.25) is 0 Å². The fraction of sp³-hybridized carbons (Fsp3) is 0.150. The van der Waals surface area contributed by atoms with E-state index in [0.29, 0.717) is 34.1 Å². The lowest BCUT2D eigenvalue weighted by Crippen LogP contribution is -2.12. The number of hydrogen-bond donors (Lipinski definition) is 1. The van der Waals surface area contributed by atoms with Gasteiger partial charge in [0.25, 0.3) is 5.91 Å². The van der Waals surface area contributed by atoms with E-state index in [1.807, 2.05) is 37.3 Å². The highest BCUT2D eigenvalue weighted by atomic mass is 16.5. The summed E-state index contributed by atoms with van der Waals surface area (Å²) in [6.45, 7) is 3.58. The van der Waals surface area contributed by atoms with Crippen LogP contribution in [0.2, 0.25) is 0 Å². The van der Waals surface area contributed by atoms with Crippen molar-refractivity contribution in [2.24, 2.45) is 0 Å². The Morgan fingerprint density at radius 3 is 2.52 bits per heavy atom. The van der Waals surface area contributed by atoms with Crippen molar-refractivity contribution in [1.29, 1.82) is 0 Å². The van der Waals surface area contributed by atoms with E-state index in [-0.39, 0.29) is 5.91 Å². The maximum atomic E-state index is 12.6. The number of hydrogen-bond acceptors (Lipinski definition) is 4. The van der Waals surface area contributed by atoms with E-state index >= 15 is 0 Å². The highest BCUT2D eigenvalue weighted by molar-refractivity contribution is 6.10. The first-order valence-electron chi connectivity index (χ1n) is 7.94. The molecule has 5 heteroatoms. The summed E-state index contributed by atoms with van der Waals surface area (Å²) in [5, 5.41) is 4.84. The van der Waals surface area contributed by atoms with Crippen LogP contribution in [0.15, 0.2) is 51.3 Å². The molecule has 2 aromatic heterocycles. The van der Waals surface area contributed by atoms with Gasteiger partial charge in [-0.15, -0.1) is 0 Å². The number of nitrogens with one attached hydrogen (secondary N) is 1. The Morgan fingerprint density at radius 2 is 1.80 bits per heavy atom. The summed E-state index contributed by atoms with van der Waals surface area (Å²) in [6.07, 6.45) is 0. The molecule has 0 radical (unpaired) electrons. The third-order valence-electron chi connectivity index (χ3n) is 4.23. The van der Waals surface area contributed by atoms with Crippen LogP contribution in [0.25, 0.3) is 21.9 Å². The molecule has 0 fully saturated rings. The Bertz CT molecular complexity index is 1100. The van der Waals surface area contributed by atoms with Crippen molar-refractivity contribution in [3.05, 3.63) is 59.5 Å². The Labute approximate surface area is 144 Å². The molecule has 0 saturated carbocycles. The van der Waals surface area contributed by atoms with Crippen LogP contribution < -0.4 is 10.1 Å². The van der Waals surface area contributed by atoms with Crippen LogP contribution in [0.4, 0.5) is 5.69 Å². The van der Waals surface area contributed by atoms with Crippen molar-refractivity contribution in [3.63, 3.8) is 0 Å². The second-order valence-corrected chi connectivity index (χ2v) is 5.93. The van der Waals surface area contributed by atoms with E-state index in [0.717, 1.165) is 16.4 Å². The quantitative estimate of drug-likeness (QED) is 0.568. The largest absolute Gasteiger partial charge is 0.495 e. The number of aryl methyl sites for hydroxylation is 2. The number of anilines is 1. The van der Waals surface area contributed by atoms with Gasteiger partial charge in [-0.05, 0) is 32.0 Å². The first-order chi connectivity index (χ1) is 12.1. The fourth-order valence-electron chi connectivity index (χ4n) is 3.06. The third kappa shape index (κ3) is 2.54. The van der Waals surface area contributed by atoms with Gasteiger partial charge in [0.15, 0.2) is 0 Å². The zero-order valence-electron chi connectivity index (χ0n) is 14.2. The van der Waals surface area contributed by atoms with E-state index in [1.165, 1.54) is 0 Å². The van der Waals surface area contributed by atoms with Crippen molar-refractivity contribution in [3.8, 4) is 5.75 Å². The molecule has 2 aromatic carbocycles. The average Bonchev–Trinajstić information content (AvgIpc) is 3.12. The molecule has 4 aromatic rings. The topological polar surface area (TPSA) is 64.6 Å². The van der Waals surface area contributed by atoms with Crippen molar-refractivity contribution in [2.45, 2.75) is 13.8 Å². The van der Waals surface area contributed by atoms with Gasteiger partial charge < -0.3 is 18.9 Å². The molecular weight excluding hydrogens is 318 g/mol. The molecule has 0 bridgehead atoms. The van der Waals surface area contributed by atoms with Crippen LogP contribution in [-0.4, -0.2) is 13.0 Å². The molecule has 0 aliphatic heterocycles. The average molecular weight is 335 g/mol. The molecule has 1 amide bonds. The Morgan fingerprint density at radius 1 is 1.00 bits per heavy atom. The second kappa shape index (κ2) is 5.70. The molecule has 0 saturated heterocycles. The van der Waals surface area contributed by atoms with Crippen molar-refractivity contribution in [1.82, 2.24) is 0 Å². The SMILES string of the molecule is COc1cc2c(cc1NC(=O)c1cc(C)oc1C)oc1ccccc12. The number of furan rings is 2. The van der Waals surface area contributed by atoms with Crippen LogP contribution in [0.1, 0.15) is 21.9 Å². The highest BCUT2D eigenvalue weighted by Crippen LogP contribution is 2.36. The number of carbonyl (C=O) groups is 1. The van der Waals surface area contributed by atoms with E-state index in [9.17, 15) is 4.79 Å². The minimum atomic E-state index is -0.247. The van der Waals surface area contributed by atoms with Gasteiger partial charge in [-0.3, -0.25) is 4.79 Å². The normalized spacial score (nSPS) is 11.2. The number of fused-ring (bicyclic) bond motifs is 3. The number of para-hydroxylation sites is 1. The molecule has 4 rings (SSSR count). The Kier molecular flexibility index (Phi) is 3.50. The first kappa shape index (κ1) is 15.3. The maximum Gasteiger partial charge on any atom is 0.259 e. The summed E-state index contributed by atoms with van der Waals surface area (Å²) in [7, 11) is 1.58. The molecule has 0 aliphatic rings. The van der Waals surface area contributed by atoms with Crippen LogP contribution >= 0.6 is 0 Å². The molecule has 25 heavy (non-hydrogen) atoms. The lowest BCUT2D eigenvalue weighted by atomic mass is 10.1. The van der Waals surface area contributed by atoms with Crippen molar-refractivity contribution < 1.29 is 18.4 Å². The smallest absolute Gasteiger partial charge is 0.259 e. The zero-order valence-corrected chi connectivity index (χ0v) is 14.2. The molecule has 2 heterocycles. The summed E-state index contributed by atoms with van der Waals surface area (Å²) >= 11 is 0. The number of carbonyl (C=O) groups excluding carboxylic acids is 1. The van der Waals surface area contributed by atoms with Crippen LogP contribution in [0, 0.1) is 13.8 Å². The molecule has 0 unspecified atom stereocenters. The Balaban J connectivity index is 1.79. The van der Waals surface area contributed by atoms with E-state index in [2.05, 4.69) is 5.32 Å². The first-order valence-corrected chi connectivity index (χ1v) is 7.94. The Hall–Kier alpha value is -3.21. The number of rotatable bonds is 3. The molecular formula is C20H17NO4. The minimum absolute atomic E-state index is 0.247. The van der Waals surface area contributed by atoms with Crippen LogP contribution in [0.5, 0.6) is 5.75 Å². The van der Waals surface area contributed by atoms with Gasteiger partial charge in [0, 0.05) is 16.8 Å². The minimum Gasteiger partial charge on any atom is -0.495 e. The van der Waals surface area contributed by atoms with E-state index < -0.39 is 0 Å². The summed E-state index contributed by atoms with van der Waals surface area (Å²) in [5.74, 6) is 1.61. The van der Waals surface area contributed by atoms with Gasteiger partial charge in [0.1, 0.15) is 28.4 Å². The van der Waals surface area contributed by atoms with E-state index in [4.69, 9.17) is 13.6 Å². The number of ether oxygens (including phenoxy) is 1. The van der Waals surface area contributed by atoms with Gasteiger partial charge >= 0.3 is 0 Å². The fourth-order valence-corrected chi connectivity index (χ4v) is 3.06. The van der Waals surface area contributed by atoms with Crippen LogP contribution in [0.3, 0.4) is 0 Å². The maximum absolute atomic E-state index is 12.6. The monoisotopic (exact) mass is 335 g/mol. The standard InChI is InChI=1S/C20H17NO4/c1-11-8-14(12(2)24-11)20(22)21-16-10-18-15(9-19(16)23-3)13-6-4-5-7-17(13)25-18/h4-10H,1-3H3,(H,21,22). The third-order valence-corrected chi connectivity index (χ3v) is 4.23. The second-order valence-electron chi connectivity index (χ2n) is 5.93. The highest BCUT2D eigenvalue weighted by Gasteiger charge is 2.17. The van der Waals surface area contributed by atoms with Gasteiger partial charge in [0.05, 0.1) is 18.4 Å². The molecule has 1 N–H and O–H groups in total. The summed E-state index contributed by atoms with van der Waals surface area (Å²) in [4.78, 5) is 12.6. The molecule has 126 valence electrons. The van der Waals surface area contributed by atoms with Gasteiger partial charge in [-0.1, -0.05) is 18.2 Å². The van der Waals surface area contributed by atoms with E-state index in [1.54, 1.807) is 26.2 Å². The zero-order chi connectivity index (χ0) is 17.6. The predicted molar refractivity (Wildman–Crippen MR) is 96.4 cm³/mol. The molecule has 5 nitrogen and oxygen atoms in total. The molecule has 0 spiro atoms. The summed E-state index contributed by atoms with van der Waals surface area (Å²) < 4.78 is 16.8. The van der Waals surface area contributed by atoms with Crippen molar-refractivity contribution in [2.75, 3.05) is 12.4 Å². The lowest BCUT2D eigenvalue weighted by molar-refractivity contribution is 0.102. The number of amides is 1.